The van der Waals surface area contributed by atoms with Crippen LogP contribution in [0.3, 0.4) is 0 Å². The molecule has 0 spiro atoms. The quantitative estimate of drug-likeness (QED) is 0.536. The Morgan fingerprint density at radius 2 is 2.25 bits per heavy atom. The summed E-state index contributed by atoms with van der Waals surface area (Å²) in [5.74, 6) is 0.815. The van der Waals surface area contributed by atoms with Crippen LogP contribution in [0.5, 0.6) is 0 Å². The fraction of sp³-hybridized carbons (Fsp3) is 1.00. The molecule has 0 aromatic carbocycles. The van der Waals surface area contributed by atoms with Gasteiger partial charge in [-0.25, -0.2) is 0 Å². The normalized spacial score (nSPS) is 13.9. The largest absolute Gasteiger partial charge is 0.366 e. The molecule has 8 heavy (non-hydrogen) atoms. The molecular weight excluding hydrogens is 119 g/mol. The van der Waals surface area contributed by atoms with E-state index in [1.807, 2.05) is 0 Å². The zero-order chi connectivity index (χ0) is 6.41. The highest BCUT2D eigenvalue weighted by molar-refractivity contribution is 7.09. The van der Waals surface area contributed by atoms with Gasteiger partial charge < -0.3 is 4.52 Å². The topological polar surface area (TPSA) is 9.23 Å². The lowest BCUT2D eigenvalue weighted by atomic mass is 10.1. The molecule has 0 aliphatic carbocycles. The molecule has 0 heterocycles. The third-order valence-electron chi connectivity index (χ3n) is 1.43. The first kappa shape index (κ1) is 8.39. The molecule has 0 saturated carbocycles. The van der Waals surface area contributed by atoms with E-state index in [0.717, 1.165) is 12.5 Å². The van der Waals surface area contributed by atoms with E-state index >= 15 is 0 Å². The molecule has 0 aromatic heterocycles. The fourth-order valence-electron chi connectivity index (χ4n) is 0.473. The minimum absolute atomic E-state index is 0.815. The Labute approximate surface area is 54.1 Å². The number of rotatable bonds is 4. The Hall–Kier alpha value is 0.390. The van der Waals surface area contributed by atoms with E-state index < -0.39 is 0 Å². The van der Waals surface area contributed by atoms with Crippen LogP contribution in [0, 0.1) is 5.92 Å². The molecule has 0 fully saturated rings. The van der Waals surface area contributed by atoms with Gasteiger partial charge in [-0.1, -0.05) is 20.3 Å². The Kier molecular flexibility index (Phi) is 5.79. The number of hydrogen-bond acceptors (Lipinski definition) is 1. The van der Waals surface area contributed by atoms with Crippen LogP contribution in [-0.4, -0.2) is 6.61 Å². The van der Waals surface area contributed by atoms with Crippen molar-refractivity contribution in [2.75, 3.05) is 6.61 Å². The average molecular weight is 134 g/mol. The maximum absolute atomic E-state index is 4.83. The maximum atomic E-state index is 4.83. The Bertz CT molecular complexity index is 47.8. The zero-order valence-corrected chi connectivity index (χ0v) is 6.84. The highest BCUT2D eigenvalue weighted by Gasteiger charge is 1.95. The summed E-state index contributed by atoms with van der Waals surface area (Å²) in [7, 11) is 2.27. The third-order valence-corrected chi connectivity index (χ3v) is 1.66. The van der Waals surface area contributed by atoms with Gasteiger partial charge in [0.1, 0.15) is 0 Å². The molecule has 0 N–H and O–H groups in total. The standard InChI is InChI=1S/C6H15OP/c1-3-6(2)4-5-7-8/h6H,3-5,8H2,1-2H3. The van der Waals surface area contributed by atoms with E-state index in [9.17, 15) is 0 Å². The van der Waals surface area contributed by atoms with Gasteiger partial charge in [-0.3, -0.25) is 0 Å². The van der Waals surface area contributed by atoms with Crippen molar-refractivity contribution in [2.45, 2.75) is 26.7 Å². The summed E-state index contributed by atoms with van der Waals surface area (Å²) in [4.78, 5) is 0. The lowest BCUT2D eigenvalue weighted by Gasteiger charge is -2.04. The minimum atomic E-state index is 0.815. The van der Waals surface area contributed by atoms with Crippen molar-refractivity contribution in [1.82, 2.24) is 0 Å². The van der Waals surface area contributed by atoms with Gasteiger partial charge in [0.2, 0.25) is 0 Å². The molecule has 0 aromatic rings. The number of hydrogen-bond donors (Lipinski definition) is 0. The van der Waals surface area contributed by atoms with Gasteiger partial charge in [-0.05, 0) is 12.3 Å². The molecule has 2 heteroatoms. The van der Waals surface area contributed by atoms with Crippen molar-refractivity contribution in [3.05, 3.63) is 0 Å². The molecule has 2 atom stereocenters. The van der Waals surface area contributed by atoms with E-state index in [1.165, 1.54) is 12.8 Å². The monoisotopic (exact) mass is 134 g/mol. The second kappa shape index (κ2) is 5.53. The fourth-order valence-corrected chi connectivity index (χ4v) is 0.609. The summed E-state index contributed by atoms with van der Waals surface area (Å²) in [6.45, 7) is 5.32. The second-order valence-electron chi connectivity index (χ2n) is 2.17. The van der Waals surface area contributed by atoms with Crippen LogP contribution < -0.4 is 0 Å². The summed E-state index contributed by atoms with van der Waals surface area (Å²) in [6, 6.07) is 0. The van der Waals surface area contributed by atoms with E-state index in [1.54, 1.807) is 0 Å². The van der Waals surface area contributed by atoms with Crippen LogP contribution in [0.15, 0.2) is 0 Å². The lowest BCUT2D eigenvalue weighted by molar-refractivity contribution is 0.322. The van der Waals surface area contributed by atoms with E-state index in [0.29, 0.717) is 0 Å². The zero-order valence-electron chi connectivity index (χ0n) is 5.68. The first-order chi connectivity index (χ1) is 3.81. The van der Waals surface area contributed by atoms with Gasteiger partial charge in [-0.2, -0.15) is 0 Å². The molecule has 2 unspecified atom stereocenters. The average Bonchev–Trinajstić information content (AvgIpc) is 1.83. The Morgan fingerprint density at radius 3 is 2.62 bits per heavy atom. The van der Waals surface area contributed by atoms with Crippen molar-refractivity contribution < 1.29 is 4.52 Å². The van der Waals surface area contributed by atoms with E-state index in [2.05, 4.69) is 23.3 Å². The first-order valence-electron chi connectivity index (χ1n) is 3.13. The van der Waals surface area contributed by atoms with Crippen LogP contribution in [0.2, 0.25) is 0 Å². The highest BCUT2D eigenvalue weighted by Crippen LogP contribution is 2.06. The summed E-state index contributed by atoms with van der Waals surface area (Å²) < 4.78 is 4.83. The molecule has 0 saturated heterocycles. The van der Waals surface area contributed by atoms with Gasteiger partial charge in [-0.15, -0.1) is 0 Å². The predicted octanol–water partition coefficient (Wildman–Crippen LogP) is 2.23. The summed E-state index contributed by atoms with van der Waals surface area (Å²) >= 11 is 0. The van der Waals surface area contributed by atoms with Gasteiger partial charge >= 0.3 is 0 Å². The smallest absolute Gasteiger partial charge is 0.0504 e. The van der Waals surface area contributed by atoms with Gasteiger partial charge in [0.05, 0.1) is 6.61 Å². The molecule has 0 rings (SSSR count). The molecule has 50 valence electrons. The van der Waals surface area contributed by atoms with Crippen LogP contribution >= 0.6 is 9.47 Å². The SMILES string of the molecule is CCC(C)CCOP. The van der Waals surface area contributed by atoms with Crippen molar-refractivity contribution in [1.29, 1.82) is 0 Å². The first-order valence-corrected chi connectivity index (χ1v) is 3.60. The van der Waals surface area contributed by atoms with Crippen LogP contribution in [0.4, 0.5) is 0 Å². The van der Waals surface area contributed by atoms with E-state index in [4.69, 9.17) is 4.52 Å². The Morgan fingerprint density at radius 1 is 1.62 bits per heavy atom. The lowest BCUT2D eigenvalue weighted by Crippen LogP contribution is -1.95. The molecule has 1 nitrogen and oxygen atoms in total. The van der Waals surface area contributed by atoms with Crippen molar-refractivity contribution in [3.63, 3.8) is 0 Å². The Balaban J connectivity index is 2.86. The van der Waals surface area contributed by atoms with Gasteiger partial charge in [0.25, 0.3) is 0 Å². The molecule has 0 bridgehead atoms. The summed E-state index contributed by atoms with van der Waals surface area (Å²) in [5.41, 5.74) is 0. The second-order valence-corrected chi connectivity index (χ2v) is 2.51. The van der Waals surface area contributed by atoms with Crippen molar-refractivity contribution in [3.8, 4) is 0 Å². The highest BCUT2D eigenvalue weighted by atomic mass is 31.0. The van der Waals surface area contributed by atoms with Crippen LogP contribution in [0.1, 0.15) is 26.7 Å². The molecule has 0 amide bonds. The van der Waals surface area contributed by atoms with E-state index in [-0.39, 0.29) is 0 Å². The van der Waals surface area contributed by atoms with Crippen molar-refractivity contribution >= 4 is 9.47 Å². The minimum Gasteiger partial charge on any atom is -0.366 e. The van der Waals surface area contributed by atoms with Crippen LogP contribution in [-0.2, 0) is 4.52 Å². The molecular formula is C6H15OP. The van der Waals surface area contributed by atoms with Crippen molar-refractivity contribution in [2.24, 2.45) is 5.92 Å². The molecule has 0 aliphatic heterocycles. The predicted molar refractivity (Wildman–Crippen MR) is 39.7 cm³/mol. The molecule has 0 aliphatic rings. The summed E-state index contributed by atoms with van der Waals surface area (Å²) in [5, 5.41) is 0. The third kappa shape index (κ3) is 4.55. The maximum Gasteiger partial charge on any atom is 0.0504 e. The van der Waals surface area contributed by atoms with Gasteiger partial charge in [0, 0.05) is 9.47 Å². The van der Waals surface area contributed by atoms with Crippen LogP contribution in [0.25, 0.3) is 0 Å². The molecule has 0 radical (unpaired) electrons. The van der Waals surface area contributed by atoms with Gasteiger partial charge in [0.15, 0.2) is 0 Å². The summed E-state index contributed by atoms with van der Waals surface area (Å²) in [6.07, 6.45) is 2.44.